The zero-order valence-electron chi connectivity index (χ0n) is 11.5. The highest BCUT2D eigenvalue weighted by Gasteiger charge is 2.39. The molecular weight excluding hydrogens is 278 g/mol. The third kappa shape index (κ3) is 2.39. The van der Waals surface area contributed by atoms with E-state index in [1.807, 2.05) is 25.1 Å². The highest BCUT2D eigenvalue weighted by molar-refractivity contribution is 5.85. The molecule has 3 rings (SSSR count). The summed E-state index contributed by atoms with van der Waals surface area (Å²) in [6.07, 6.45) is 2.98. The number of halogens is 1. The van der Waals surface area contributed by atoms with Crippen LogP contribution in [0.15, 0.2) is 22.7 Å². The second-order valence-electron chi connectivity index (χ2n) is 5.11. The van der Waals surface area contributed by atoms with Crippen molar-refractivity contribution in [2.24, 2.45) is 5.73 Å². The molecule has 1 saturated carbocycles. The van der Waals surface area contributed by atoms with Crippen molar-refractivity contribution >= 4 is 12.4 Å². The summed E-state index contributed by atoms with van der Waals surface area (Å²) in [6.45, 7) is 1.99. The van der Waals surface area contributed by atoms with E-state index in [1.165, 1.54) is 0 Å². The lowest BCUT2D eigenvalue weighted by Gasteiger charge is -2.34. The molecule has 1 aliphatic carbocycles. The van der Waals surface area contributed by atoms with Crippen LogP contribution in [-0.4, -0.2) is 17.3 Å². The van der Waals surface area contributed by atoms with E-state index >= 15 is 0 Å². The van der Waals surface area contributed by atoms with E-state index in [1.54, 1.807) is 7.11 Å². The first-order valence-corrected chi connectivity index (χ1v) is 6.40. The van der Waals surface area contributed by atoms with Gasteiger partial charge >= 0.3 is 0 Å². The largest absolute Gasteiger partial charge is 0.497 e. The van der Waals surface area contributed by atoms with Crippen LogP contribution >= 0.6 is 12.4 Å². The van der Waals surface area contributed by atoms with Gasteiger partial charge in [0.25, 0.3) is 5.89 Å². The quantitative estimate of drug-likeness (QED) is 0.942. The molecule has 0 unspecified atom stereocenters. The van der Waals surface area contributed by atoms with Gasteiger partial charge in [0.1, 0.15) is 5.75 Å². The summed E-state index contributed by atoms with van der Waals surface area (Å²) < 4.78 is 10.5. The summed E-state index contributed by atoms with van der Waals surface area (Å²) in [7, 11) is 1.65. The Hall–Kier alpha value is -1.59. The Balaban J connectivity index is 0.00000147. The summed E-state index contributed by atoms with van der Waals surface area (Å²) in [4.78, 5) is 4.45. The molecule has 1 heterocycles. The van der Waals surface area contributed by atoms with Gasteiger partial charge in [-0.25, -0.2) is 0 Å². The fraction of sp³-hybridized carbons (Fsp3) is 0.429. The van der Waals surface area contributed by atoms with Crippen molar-refractivity contribution in [2.45, 2.75) is 31.7 Å². The molecule has 2 aromatic rings. The Kier molecular flexibility index (Phi) is 4.01. The number of nitrogens with two attached hydrogens (primary N) is 1. The van der Waals surface area contributed by atoms with E-state index in [9.17, 15) is 0 Å². The lowest BCUT2D eigenvalue weighted by atomic mass is 9.77. The van der Waals surface area contributed by atoms with Gasteiger partial charge in [-0.05, 0) is 49.9 Å². The van der Waals surface area contributed by atoms with Crippen molar-refractivity contribution in [2.75, 3.05) is 7.11 Å². The molecule has 2 N–H and O–H groups in total. The number of benzene rings is 1. The van der Waals surface area contributed by atoms with Crippen molar-refractivity contribution in [3.63, 3.8) is 0 Å². The van der Waals surface area contributed by atoms with E-state index in [4.69, 9.17) is 15.0 Å². The zero-order valence-corrected chi connectivity index (χ0v) is 12.4. The minimum atomic E-state index is -0.387. The molecule has 5 nitrogen and oxygen atoms in total. The molecule has 108 valence electrons. The van der Waals surface area contributed by atoms with Crippen LogP contribution in [0.1, 0.15) is 30.7 Å². The van der Waals surface area contributed by atoms with Crippen LogP contribution in [0.2, 0.25) is 0 Å². The fourth-order valence-corrected chi connectivity index (χ4v) is 2.32. The number of rotatable bonds is 3. The molecule has 1 fully saturated rings. The van der Waals surface area contributed by atoms with Crippen LogP contribution in [0.4, 0.5) is 0 Å². The number of aromatic nitrogens is 2. The number of ether oxygens (including phenoxy) is 1. The molecule has 0 radical (unpaired) electrons. The predicted molar refractivity (Wildman–Crippen MR) is 78.0 cm³/mol. The van der Waals surface area contributed by atoms with E-state index in [2.05, 4.69) is 10.1 Å². The molecule has 0 spiro atoms. The van der Waals surface area contributed by atoms with E-state index in [0.717, 1.165) is 36.1 Å². The van der Waals surface area contributed by atoms with Gasteiger partial charge in [-0.2, -0.15) is 4.98 Å². The molecular formula is C14H18ClN3O2. The number of methoxy groups -OCH3 is 1. The third-order valence-corrected chi connectivity index (χ3v) is 3.78. The fourth-order valence-electron chi connectivity index (χ4n) is 2.32. The van der Waals surface area contributed by atoms with Crippen LogP contribution in [-0.2, 0) is 5.54 Å². The van der Waals surface area contributed by atoms with Crippen LogP contribution in [0, 0.1) is 6.92 Å². The van der Waals surface area contributed by atoms with Crippen molar-refractivity contribution in [3.8, 4) is 17.2 Å². The standard InChI is InChI=1S/C14H17N3O2.ClH/c1-9-8-10(18-2)4-5-11(9)12-16-13(17-19-12)14(15)6-3-7-14;/h4-5,8H,3,6-7,15H2,1-2H3;1H. The lowest BCUT2D eigenvalue weighted by Crippen LogP contribution is -2.44. The monoisotopic (exact) mass is 295 g/mol. The smallest absolute Gasteiger partial charge is 0.258 e. The van der Waals surface area contributed by atoms with Crippen molar-refractivity contribution < 1.29 is 9.26 Å². The first kappa shape index (κ1) is 14.8. The summed E-state index contributed by atoms with van der Waals surface area (Å²) in [5, 5.41) is 4.03. The van der Waals surface area contributed by atoms with Gasteiger partial charge < -0.3 is 15.0 Å². The van der Waals surface area contributed by atoms with Crippen LogP contribution in [0.5, 0.6) is 5.75 Å². The average Bonchev–Trinajstić information content (AvgIpc) is 2.85. The van der Waals surface area contributed by atoms with Gasteiger partial charge in [0, 0.05) is 5.56 Å². The Labute approximate surface area is 123 Å². The predicted octanol–water partition coefficient (Wildman–Crippen LogP) is 2.81. The van der Waals surface area contributed by atoms with Gasteiger partial charge in [0.2, 0.25) is 0 Å². The molecule has 0 bridgehead atoms. The molecule has 1 aromatic carbocycles. The van der Waals surface area contributed by atoms with Crippen LogP contribution < -0.4 is 10.5 Å². The maximum Gasteiger partial charge on any atom is 0.258 e. The van der Waals surface area contributed by atoms with E-state index in [-0.39, 0.29) is 17.9 Å². The summed E-state index contributed by atoms with van der Waals surface area (Å²) in [6, 6.07) is 5.75. The van der Waals surface area contributed by atoms with Gasteiger partial charge in [-0.1, -0.05) is 5.16 Å². The Morgan fingerprint density at radius 3 is 2.65 bits per heavy atom. The second kappa shape index (κ2) is 5.42. The van der Waals surface area contributed by atoms with Crippen molar-refractivity contribution in [1.82, 2.24) is 10.1 Å². The van der Waals surface area contributed by atoms with Crippen molar-refractivity contribution in [1.29, 1.82) is 0 Å². The second-order valence-corrected chi connectivity index (χ2v) is 5.11. The number of hydrogen-bond acceptors (Lipinski definition) is 5. The first-order valence-electron chi connectivity index (χ1n) is 6.40. The maximum atomic E-state index is 6.19. The topological polar surface area (TPSA) is 74.2 Å². The van der Waals surface area contributed by atoms with E-state index in [0.29, 0.717) is 11.7 Å². The van der Waals surface area contributed by atoms with Gasteiger partial charge in [0.15, 0.2) is 5.82 Å². The summed E-state index contributed by atoms with van der Waals surface area (Å²) in [5.41, 5.74) is 7.76. The highest BCUT2D eigenvalue weighted by atomic mass is 35.5. The molecule has 6 heteroatoms. The highest BCUT2D eigenvalue weighted by Crippen LogP contribution is 2.38. The Morgan fingerprint density at radius 2 is 2.10 bits per heavy atom. The van der Waals surface area contributed by atoms with E-state index < -0.39 is 0 Å². The van der Waals surface area contributed by atoms with Gasteiger partial charge in [-0.3, -0.25) is 0 Å². The molecule has 0 atom stereocenters. The van der Waals surface area contributed by atoms with Crippen LogP contribution in [0.3, 0.4) is 0 Å². The zero-order chi connectivity index (χ0) is 13.5. The van der Waals surface area contributed by atoms with Crippen LogP contribution in [0.25, 0.3) is 11.5 Å². The number of hydrogen-bond donors (Lipinski definition) is 1. The first-order chi connectivity index (χ1) is 9.12. The average molecular weight is 296 g/mol. The molecule has 0 saturated heterocycles. The molecule has 1 aromatic heterocycles. The SMILES string of the molecule is COc1ccc(-c2nc(C3(N)CCC3)no2)c(C)c1.Cl. The number of nitrogens with zero attached hydrogens (tertiary/aromatic N) is 2. The lowest BCUT2D eigenvalue weighted by molar-refractivity contribution is 0.229. The maximum absolute atomic E-state index is 6.19. The van der Waals surface area contributed by atoms with Crippen molar-refractivity contribution in [3.05, 3.63) is 29.6 Å². The third-order valence-electron chi connectivity index (χ3n) is 3.78. The molecule has 1 aliphatic rings. The number of aryl methyl sites for hydroxylation is 1. The summed E-state index contributed by atoms with van der Waals surface area (Å²) >= 11 is 0. The normalized spacial score (nSPS) is 16.1. The Bertz CT molecular complexity index is 608. The molecule has 20 heavy (non-hydrogen) atoms. The summed E-state index contributed by atoms with van der Waals surface area (Å²) in [5.74, 6) is 1.95. The molecule has 0 aliphatic heterocycles. The Morgan fingerprint density at radius 1 is 1.35 bits per heavy atom. The van der Waals surface area contributed by atoms with Gasteiger partial charge in [-0.15, -0.1) is 12.4 Å². The minimum absolute atomic E-state index is 0. The minimum Gasteiger partial charge on any atom is -0.497 e. The van der Waals surface area contributed by atoms with Gasteiger partial charge in [0.05, 0.1) is 12.6 Å². The molecule has 0 amide bonds.